The molecule has 2 unspecified atom stereocenters. The molecule has 30 heavy (non-hydrogen) atoms. The third kappa shape index (κ3) is 6.68. The Hall–Kier alpha value is -1.64. The van der Waals surface area contributed by atoms with Crippen LogP contribution in [-0.2, 0) is 27.3 Å². The van der Waals surface area contributed by atoms with Crippen LogP contribution < -0.4 is 16.1 Å². The summed E-state index contributed by atoms with van der Waals surface area (Å²) >= 11 is 0. The van der Waals surface area contributed by atoms with Gasteiger partial charge in [-0.2, -0.15) is 4.31 Å². The van der Waals surface area contributed by atoms with E-state index in [0.29, 0.717) is 0 Å². The number of phosphoric acid groups is 1. The van der Waals surface area contributed by atoms with E-state index in [1.54, 1.807) is 0 Å². The Bertz CT molecular complexity index is 1120. The molecule has 5 atom stereocenters. The molecule has 0 spiro atoms. The first kappa shape index (κ1) is 24.6. The molecule has 1 aliphatic rings. The van der Waals surface area contributed by atoms with E-state index in [4.69, 9.17) is 20.1 Å². The molecule has 1 aromatic heterocycles. The Balaban J connectivity index is 2.24. The average Bonchev–Trinajstić information content (AvgIpc) is 2.89. The van der Waals surface area contributed by atoms with E-state index in [-0.39, 0.29) is 12.0 Å². The minimum Gasteiger partial charge on any atom is -0.328 e. The number of nitrogens with zero attached hydrogens (tertiary/aromatic N) is 4. The van der Waals surface area contributed by atoms with Crippen LogP contribution in [-0.4, -0.2) is 41.5 Å². The van der Waals surface area contributed by atoms with Crippen molar-refractivity contribution in [1.29, 1.82) is 0 Å². The topological polar surface area (TPSA) is 275 Å². The lowest BCUT2D eigenvalue weighted by molar-refractivity contribution is -0.106. The molecule has 0 amide bonds. The molecule has 0 aliphatic carbocycles. The Kier molecular flexibility index (Phi) is 7.26. The molecule has 0 aromatic carbocycles. The van der Waals surface area contributed by atoms with Crippen LogP contribution in [0.5, 0.6) is 0 Å². The molecule has 1 aromatic rings. The first-order valence-corrected chi connectivity index (χ1v) is 12.2. The van der Waals surface area contributed by atoms with E-state index in [0.717, 1.165) is 15.6 Å². The minimum atomic E-state index is -5.53. The summed E-state index contributed by atoms with van der Waals surface area (Å²) in [7, 11) is -16.4. The molecular formula is C9H15N6O12P3. The maximum absolute atomic E-state index is 12.1. The molecular weight excluding hydrogens is 477 g/mol. The summed E-state index contributed by atoms with van der Waals surface area (Å²) in [5.74, 6) is 0. The summed E-state index contributed by atoms with van der Waals surface area (Å²) in [6.07, 6.45) is -2.23. The zero-order valence-electron chi connectivity index (χ0n) is 14.7. The van der Waals surface area contributed by atoms with Crippen molar-refractivity contribution in [2.75, 3.05) is 0 Å². The van der Waals surface area contributed by atoms with Gasteiger partial charge in [0.25, 0.3) is 5.56 Å². The number of aromatic nitrogens is 2. The van der Waals surface area contributed by atoms with Crippen LogP contribution in [0.15, 0.2) is 20.9 Å². The molecule has 2 rings (SSSR count). The van der Waals surface area contributed by atoms with Crippen molar-refractivity contribution in [1.82, 2.24) is 14.4 Å². The van der Waals surface area contributed by atoms with Crippen molar-refractivity contribution in [3.63, 3.8) is 0 Å². The normalized spacial score (nSPS) is 25.8. The van der Waals surface area contributed by atoms with Crippen LogP contribution in [0, 0.1) is 6.92 Å². The fourth-order valence-corrected chi connectivity index (χ4v) is 5.91. The van der Waals surface area contributed by atoms with Gasteiger partial charge in [0.1, 0.15) is 6.23 Å². The maximum Gasteiger partial charge on any atom is 0.477 e. The van der Waals surface area contributed by atoms with Crippen molar-refractivity contribution in [3.05, 3.63) is 43.0 Å². The van der Waals surface area contributed by atoms with Crippen molar-refractivity contribution in [2.24, 2.45) is 5.11 Å². The van der Waals surface area contributed by atoms with Gasteiger partial charge >= 0.3 is 29.0 Å². The van der Waals surface area contributed by atoms with Gasteiger partial charge in [0, 0.05) is 23.1 Å². The third-order valence-corrected chi connectivity index (χ3v) is 7.67. The van der Waals surface area contributed by atoms with E-state index in [2.05, 4.69) is 18.9 Å². The Labute approximate surface area is 165 Å². The summed E-state index contributed by atoms with van der Waals surface area (Å²) in [6, 6.07) is -1.32. The van der Waals surface area contributed by atoms with E-state index in [9.17, 15) is 33.1 Å². The SMILES string of the molecule is Cc1cn([C@H]2C[C@@H](N=[N+]=[N-])[C@@H](OP(=O)(O)NP(=O)(O)OP(=O)(O)O)O2)c(=O)[nH]c1=O. The number of hydrogen-bond donors (Lipinski definition) is 6. The average molecular weight is 492 g/mol. The second-order valence-electron chi connectivity index (χ2n) is 5.76. The molecule has 6 N–H and O–H groups in total. The number of aromatic amines is 1. The highest BCUT2D eigenvalue weighted by Crippen LogP contribution is 2.60. The predicted molar refractivity (Wildman–Crippen MR) is 94.5 cm³/mol. The van der Waals surface area contributed by atoms with Gasteiger partial charge in [-0.1, -0.05) is 5.11 Å². The van der Waals surface area contributed by atoms with Crippen LogP contribution >= 0.6 is 23.3 Å². The zero-order chi connectivity index (χ0) is 22.9. The summed E-state index contributed by atoms with van der Waals surface area (Å²) in [5, 5.41) is 3.29. The molecule has 0 saturated carbocycles. The van der Waals surface area contributed by atoms with Crippen LogP contribution in [0.1, 0.15) is 18.2 Å². The van der Waals surface area contributed by atoms with Crippen molar-refractivity contribution in [2.45, 2.75) is 31.9 Å². The zero-order valence-corrected chi connectivity index (χ0v) is 17.4. The van der Waals surface area contributed by atoms with Gasteiger partial charge in [-0.3, -0.25) is 18.9 Å². The largest absolute Gasteiger partial charge is 0.477 e. The van der Waals surface area contributed by atoms with Gasteiger partial charge < -0.3 is 24.3 Å². The van der Waals surface area contributed by atoms with Crippen LogP contribution in [0.4, 0.5) is 0 Å². The van der Waals surface area contributed by atoms with Gasteiger partial charge in [0.05, 0.1) is 6.04 Å². The Morgan fingerprint density at radius 2 is 1.93 bits per heavy atom. The second-order valence-corrected chi connectivity index (χ2v) is 10.5. The lowest BCUT2D eigenvalue weighted by atomic mass is 10.2. The molecule has 0 bridgehead atoms. The summed E-state index contributed by atoms with van der Waals surface area (Å²) in [4.78, 5) is 65.0. The van der Waals surface area contributed by atoms with E-state index < -0.39 is 53.1 Å². The van der Waals surface area contributed by atoms with Gasteiger partial charge in [0.2, 0.25) is 0 Å². The number of ether oxygens (including phenoxy) is 1. The van der Waals surface area contributed by atoms with Crippen LogP contribution in [0.25, 0.3) is 10.4 Å². The van der Waals surface area contributed by atoms with Crippen molar-refractivity contribution >= 4 is 23.3 Å². The minimum absolute atomic E-state index is 0.119. The van der Waals surface area contributed by atoms with Gasteiger partial charge in [-0.05, 0) is 12.5 Å². The monoisotopic (exact) mass is 492 g/mol. The third-order valence-electron chi connectivity index (χ3n) is 3.42. The van der Waals surface area contributed by atoms with Crippen molar-refractivity contribution < 1.29 is 46.8 Å². The van der Waals surface area contributed by atoms with Gasteiger partial charge in [0.15, 0.2) is 6.29 Å². The number of H-pyrrole nitrogens is 1. The molecule has 21 heteroatoms. The first-order chi connectivity index (χ1) is 13.6. The highest BCUT2D eigenvalue weighted by atomic mass is 31.3. The standard InChI is InChI=1S/C9H15N6O12P3/c1-4-3-15(9(17)11-7(4)16)6-2-5(12-13-10)8(25-6)26-28(18,19)14-29(20,21)27-30(22,23)24/h3,5-6,8H,2H2,1H3,(H,11,16,17)(H2,22,23,24)(H3,14,18,19,20,21)/t5-,6-,8-/m1/s1. The molecule has 2 heterocycles. The van der Waals surface area contributed by atoms with Crippen LogP contribution in [0.2, 0.25) is 0 Å². The summed E-state index contributed by atoms with van der Waals surface area (Å²) in [6.45, 7) is 1.38. The van der Waals surface area contributed by atoms with Crippen LogP contribution in [0.3, 0.4) is 0 Å². The quantitative estimate of drug-likeness (QED) is 0.118. The molecule has 1 fully saturated rings. The molecule has 18 nitrogen and oxygen atoms in total. The van der Waals surface area contributed by atoms with E-state index >= 15 is 0 Å². The Morgan fingerprint density at radius 1 is 1.30 bits per heavy atom. The van der Waals surface area contributed by atoms with E-state index in [1.165, 1.54) is 6.92 Å². The second kappa shape index (κ2) is 8.85. The smallest absolute Gasteiger partial charge is 0.328 e. The highest BCUT2D eigenvalue weighted by molar-refractivity contribution is 7.70. The number of aryl methyl sites for hydroxylation is 1. The number of azide groups is 1. The molecule has 168 valence electrons. The van der Waals surface area contributed by atoms with Gasteiger partial charge in [-0.15, -0.1) is 4.86 Å². The Morgan fingerprint density at radius 3 is 2.50 bits per heavy atom. The molecule has 1 aliphatic heterocycles. The molecule has 0 radical (unpaired) electrons. The number of rotatable bonds is 8. The fraction of sp³-hybridized carbons (Fsp3) is 0.556. The summed E-state index contributed by atoms with van der Waals surface area (Å²) in [5.41, 5.74) is 7.19. The van der Waals surface area contributed by atoms with Gasteiger partial charge in [-0.25, -0.2) is 18.5 Å². The fourth-order valence-electron chi connectivity index (χ4n) is 2.35. The maximum atomic E-state index is 12.1. The van der Waals surface area contributed by atoms with E-state index in [1.807, 2.05) is 4.98 Å². The predicted octanol–water partition coefficient (Wildman–Crippen LogP) is -0.315. The molecule has 1 saturated heterocycles. The highest BCUT2D eigenvalue weighted by Gasteiger charge is 2.44. The number of hydrogen-bond acceptors (Lipinski definition) is 9. The first-order valence-electron chi connectivity index (χ1n) is 7.54. The number of nitrogens with one attached hydrogen (secondary N) is 2. The summed E-state index contributed by atoms with van der Waals surface area (Å²) < 4.78 is 48.5. The van der Waals surface area contributed by atoms with Crippen molar-refractivity contribution in [3.8, 4) is 0 Å². The lowest BCUT2D eigenvalue weighted by Gasteiger charge is -2.22. The lowest BCUT2D eigenvalue weighted by Crippen LogP contribution is -2.33.